The maximum Gasteiger partial charge on any atom is 0.262 e. The average molecular weight is 573 g/mol. The zero-order valence-electron chi connectivity index (χ0n) is 22.2. The lowest BCUT2D eigenvalue weighted by Gasteiger charge is -2.51. The monoisotopic (exact) mass is 572 g/mol. The molecule has 0 N–H and O–H groups in total. The van der Waals surface area contributed by atoms with Crippen LogP contribution < -0.4 is 4.43 Å². The van der Waals surface area contributed by atoms with Crippen molar-refractivity contribution < 1.29 is 39.5 Å². The van der Waals surface area contributed by atoms with Crippen LogP contribution in [0.3, 0.4) is 0 Å². The van der Waals surface area contributed by atoms with Crippen molar-refractivity contribution in [2.24, 2.45) is 0 Å². The Morgan fingerprint density at radius 2 is 1.15 bits per heavy atom. The summed E-state index contributed by atoms with van der Waals surface area (Å²) in [6.07, 6.45) is 4.27. The molecule has 1 atom stereocenters. The lowest BCUT2D eigenvalue weighted by Crippen LogP contribution is -2.57. The smallest absolute Gasteiger partial charge is 0.262 e. The van der Waals surface area contributed by atoms with Crippen LogP contribution in [0.2, 0.25) is 16.1 Å². The molecule has 5 rings (SSSR count). The van der Waals surface area contributed by atoms with Gasteiger partial charge in [0.15, 0.2) is 52.3 Å². The van der Waals surface area contributed by atoms with Gasteiger partial charge < -0.3 is 4.43 Å². The molecular weight excluding hydrogens is 544 g/mol. The summed E-state index contributed by atoms with van der Waals surface area (Å²) < 4.78 is 129. The first-order valence-corrected chi connectivity index (χ1v) is 15.1. The Balaban J connectivity index is 1.95. The van der Waals surface area contributed by atoms with Crippen molar-refractivity contribution in [1.29, 1.82) is 0 Å². The summed E-state index contributed by atoms with van der Waals surface area (Å²) in [5.74, 6) is -15.7. The molecule has 4 aromatic rings. The van der Waals surface area contributed by atoms with Gasteiger partial charge in [0, 0.05) is 16.2 Å². The van der Waals surface area contributed by atoms with Crippen molar-refractivity contribution in [3.05, 3.63) is 52.6 Å². The van der Waals surface area contributed by atoms with Gasteiger partial charge in [0.1, 0.15) is 0 Å². The second-order valence-electron chi connectivity index (χ2n) is 11.9. The van der Waals surface area contributed by atoms with Crippen molar-refractivity contribution in [2.75, 3.05) is 0 Å². The molecule has 1 aliphatic carbocycles. The summed E-state index contributed by atoms with van der Waals surface area (Å²) in [5, 5.41) is -7.09. The van der Waals surface area contributed by atoms with Gasteiger partial charge in [0.2, 0.25) is 0 Å². The Morgan fingerprint density at radius 1 is 0.667 bits per heavy atom. The van der Waals surface area contributed by atoms with Gasteiger partial charge >= 0.3 is 0 Å². The maximum absolute atomic E-state index is 16.2. The second-order valence-corrected chi connectivity index (χ2v) is 17.2. The highest BCUT2D eigenvalue weighted by Crippen LogP contribution is 2.57. The minimum atomic E-state index is -3.26. The summed E-state index contributed by atoms with van der Waals surface area (Å²) >= 11 is 0. The van der Waals surface area contributed by atoms with Gasteiger partial charge in [-0.2, -0.15) is 0 Å². The van der Waals surface area contributed by atoms with E-state index in [1.165, 1.54) is 0 Å². The van der Waals surface area contributed by atoms with Crippen molar-refractivity contribution in [1.82, 2.24) is 0 Å². The molecular formula is C29H28F8OSi. The highest BCUT2D eigenvalue weighted by atomic mass is 28.4. The lowest BCUT2D eigenvalue weighted by molar-refractivity contribution is 0.361. The minimum absolute atomic E-state index is 0.0453. The number of hydrogen-bond donors (Lipinski definition) is 0. The third kappa shape index (κ3) is 3.69. The predicted octanol–water partition coefficient (Wildman–Crippen LogP) is 10.6. The largest absolute Gasteiger partial charge is 0.538 e. The first-order chi connectivity index (χ1) is 18.2. The number of rotatable bonds is 4. The van der Waals surface area contributed by atoms with Gasteiger partial charge in [-0.15, -0.1) is 0 Å². The fourth-order valence-corrected chi connectivity index (χ4v) is 13.5. The third-order valence-corrected chi connectivity index (χ3v) is 15.0. The molecule has 0 bridgehead atoms. The molecule has 1 saturated carbocycles. The SMILES string of the molecule is CC(C)[Si](Oc1c(F)c2c(F)c(F)c3cc(F)c(F)c4c(F)c(F)c(c1F)c2c34)(C1CCCCC1)C(C)(C)C. The van der Waals surface area contributed by atoms with Crippen LogP contribution in [0.15, 0.2) is 6.07 Å². The molecule has 0 heterocycles. The minimum Gasteiger partial charge on any atom is -0.538 e. The molecule has 1 nitrogen and oxygen atoms in total. The predicted molar refractivity (Wildman–Crippen MR) is 138 cm³/mol. The molecule has 39 heavy (non-hydrogen) atoms. The highest BCUT2D eigenvalue weighted by Gasteiger charge is 2.57. The quantitative estimate of drug-likeness (QED) is 0.134. The molecule has 0 aliphatic heterocycles. The molecule has 210 valence electrons. The maximum atomic E-state index is 16.2. The molecule has 0 spiro atoms. The first-order valence-electron chi connectivity index (χ1n) is 13.0. The second kappa shape index (κ2) is 9.21. The number of halogens is 8. The van der Waals surface area contributed by atoms with Gasteiger partial charge in [-0.05, 0) is 35.0 Å². The average Bonchev–Trinajstić information content (AvgIpc) is 2.86. The van der Waals surface area contributed by atoms with Crippen molar-refractivity contribution in [3.8, 4) is 5.75 Å². The van der Waals surface area contributed by atoms with E-state index < -0.39 is 98.0 Å². The van der Waals surface area contributed by atoms with Crippen LogP contribution in [0, 0.1) is 46.5 Å². The van der Waals surface area contributed by atoms with E-state index in [0.717, 1.165) is 32.1 Å². The summed E-state index contributed by atoms with van der Waals surface area (Å²) in [7, 11) is -3.26. The topological polar surface area (TPSA) is 9.23 Å². The van der Waals surface area contributed by atoms with Crippen LogP contribution in [0.5, 0.6) is 5.75 Å². The normalized spacial score (nSPS) is 17.2. The Kier molecular flexibility index (Phi) is 6.59. The Bertz CT molecular complexity index is 1600. The summed E-state index contributed by atoms with van der Waals surface area (Å²) in [5.41, 5.74) is -0.249. The Morgan fingerprint density at radius 3 is 1.64 bits per heavy atom. The fourth-order valence-electron chi connectivity index (χ4n) is 7.14. The standard InChI is InChI=1S/C29H28F8OSi/c1-12(2)39(29(3,4)5,13-9-7-6-8-10-13)38-28-26(36)19-17-16-14(21(31)23(19)33)11-15(30)22(32)18(16)24(34)25(35)20(17)27(28)37/h11-13H,6-10H2,1-5H3. The molecule has 0 amide bonds. The van der Waals surface area contributed by atoms with E-state index in [9.17, 15) is 8.78 Å². The molecule has 4 aromatic carbocycles. The fraction of sp³-hybridized carbons (Fsp3) is 0.448. The molecule has 0 saturated heterocycles. The van der Waals surface area contributed by atoms with Crippen LogP contribution in [0.25, 0.3) is 32.3 Å². The van der Waals surface area contributed by atoms with E-state index in [0.29, 0.717) is 0 Å². The van der Waals surface area contributed by atoms with E-state index >= 15 is 26.3 Å². The number of hydrogen-bond acceptors (Lipinski definition) is 1. The summed E-state index contributed by atoms with van der Waals surface area (Å²) in [6.45, 7) is 9.44. The van der Waals surface area contributed by atoms with E-state index in [-0.39, 0.29) is 17.1 Å². The molecule has 10 heteroatoms. The van der Waals surface area contributed by atoms with Crippen molar-refractivity contribution in [3.63, 3.8) is 0 Å². The van der Waals surface area contributed by atoms with Gasteiger partial charge in [0.05, 0.1) is 16.2 Å². The summed E-state index contributed by atoms with van der Waals surface area (Å²) in [6, 6.07) is 0.256. The summed E-state index contributed by atoms with van der Waals surface area (Å²) in [4.78, 5) is 0. The van der Waals surface area contributed by atoms with Gasteiger partial charge in [-0.3, -0.25) is 0 Å². The van der Waals surface area contributed by atoms with E-state index in [4.69, 9.17) is 4.43 Å². The molecule has 0 aromatic heterocycles. The molecule has 1 aliphatic rings. The van der Waals surface area contributed by atoms with Crippen LogP contribution in [0.1, 0.15) is 66.7 Å². The van der Waals surface area contributed by atoms with Crippen molar-refractivity contribution >= 4 is 40.6 Å². The third-order valence-electron chi connectivity index (χ3n) is 8.60. The zero-order chi connectivity index (χ0) is 28.8. The first kappa shape index (κ1) is 27.9. The zero-order valence-corrected chi connectivity index (χ0v) is 23.2. The van der Waals surface area contributed by atoms with Crippen LogP contribution in [-0.2, 0) is 0 Å². The molecule has 0 radical (unpaired) electrons. The van der Waals surface area contributed by atoms with Gasteiger partial charge in [-0.25, -0.2) is 35.1 Å². The van der Waals surface area contributed by atoms with Crippen LogP contribution >= 0.6 is 0 Å². The highest BCUT2D eigenvalue weighted by molar-refractivity contribution is 6.80. The van der Waals surface area contributed by atoms with E-state index in [1.54, 1.807) is 0 Å². The van der Waals surface area contributed by atoms with E-state index in [1.807, 2.05) is 34.6 Å². The molecule has 1 unspecified atom stereocenters. The molecule has 1 fully saturated rings. The van der Waals surface area contributed by atoms with Crippen LogP contribution in [0.4, 0.5) is 35.1 Å². The van der Waals surface area contributed by atoms with Gasteiger partial charge in [0.25, 0.3) is 8.32 Å². The van der Waals surface area contributed by atoms with Crippen LogP contribution in [-0.4, -0.2) is 8.32 Å². The van der Waals surface area contributed by atoms with Gasteiger partial charge in [-0.1, -0.05) is 53.9 Å². The Hall–Kier alpha value is -2.62. The van der Waals surface area contributed by atoms with Crippen molar-refractivity contribution in [2.45, 2.75) is 82.8 Å². The lowest BCUT2D eigenvalue weighted by atomic mass is 9.91. The Labute approximate surface area is 221 Å². The van der Waals surface area contributed by atoms with E-state index in [2.05, 4.69) is 0 Å². The number of benzene rings is 4.